The van der Waals surface area contributed by atoms with Crippen LogP contribution in [0.3, 0.4) is 0 Å². The van der Waals surface area contributed by atoms with E-state index in [1.54, 1.807) is 0 Å². The normalized spacial score (nSPS) is 12.0. The van der Waals surface area contributed by atoms with Crippen LogP contribution in [-0.2, 0) is 4.79 Å². The largest absolute Gasteiger partial charge is 0.481 e. The van der Waals surface area contributed by atoms with E-state index in [1.165, 1.54) is 12.1 Å². The second kappa shape index (κ2) is 7.83. The van der Waals surface area contributed by atoms with Gasteiger partial charge in [0, 0.05) is 11.6 Å². The summed E-state index contributed by atoms with van der Waals surface area (Å²) in [5.41, 5.74) is -0.0207. The lowest BCUT2D eigenvalue weighted by Gasteiger charge is -2.16. The molecule has 0 heterocycles. The minimum atomic E-state index is -0.971. The first-order valence-corrected chi connectivity index (χ1v) is 6.90. The molecular formula is C14H18ClFN2O3. The number of hydrogen-bond donors (Lipinski definition) is 3. The van der Waals surface area contributed by atoms with Crippen molar-refractivity contribution in [3.05, 3.63) is 29.0 Å². The molecule has 0 aromatic heterocycles. The number of urea groups is 1. The third-order valence-corrected chi connectivity index (χ3v) is 3.03. The van der Waals surface area contributed by atoms with Crippen molar-refractivity contribution in [2.45, 2.75) is 20.3 Å². The Bertz CT molecular complexity index is 523. The fourth-order valence-electron chi connectivity index (χ4n) is 1.81. The van der Waals surface area contributed by atoms with Gasteiger partial charge < -0.3 is 15.7 Å². The van der Waals surface area contributed by atoms with E-state index in [9.17, 15) is 14.0 Å². The third-order valence-electron chi connectivity index (χ3n) is 2.79. The van der Waals surface area contributed by atoms with E-state index in [1.807, 2.05) is 13.8 Å². The number of aliphatic carboxylic acids is 1. The van der Waals surface area contributed by atoms with Crippen molar-refractivity contribution < 1.29 is 19.1 Å². The fourth-order valence-corrected chi connectivity index (χ4v) is 1.97. The van der Waals surface area contributed by atoms with Gasteiger partial charge in [0.25, 0.3) is 0 Å². The number of carbonyl (C=O) groups is 2. The number of carbonyl (C=O) groups excluding carboxylic acids is 1. The Morgan fingerprint density at radius 3 is 2.57 bits per heavy atom. The molecule has 0 spiro atoms. The molecule has 0 aliphatic carbocycles. The molecule has 0 saturated carbocycles. The van der Waals surface area contributed by atoms with E-state index in [0.29, 0.717) is 6.42 Å². The molecule has 5 nitrogen and oxygen atoms in total. The number of nitrogens with one attached hydrogen (secondary N) is 2. The van der Waals surface area contributed by atoms with E-state index < -0.39 is 23.7 Å². The highest BCUT2D eigenvalue weighted by atomic mass is 35.5. The fraction of sp³-hybridized carbons (Fsp3) is 0.429. The lowest BCUT2D eigenvalue weighted by Crippen LogP contribution is -2.36. The van der Waals surface area contributed by atoms with Crippen LogP contribution in [0.5, 0.6) is 0 Å². The van der Waals surface area contributed by atoms with Gasteiger partial charge in [-0.25, -0.2) is 9.18 Å². The zero-order chi connectivity index (χ0) is 16.0. The molecule has 0 fully saturated rings. The van der Waals surface area contributed by atoms with Crippen molar-refractivity contribution in [1.29, 1.82) is 0 Å². The SMILES string of the molecule is CC(C)CC(CNC(=O)Nc1ccc(Cl)cc1F)C(=O)O. The van der Waals surface area contributed by atoms with Crippen LogP contribution in [0.2, 0.25) is 5.02 Å². The lowest BCUT2D eigenvalue weighted by molar-refractivity contribution is -0.142. The molecule has 0 bridgehead atoms. The van der Waals surface area contributed by atoms with Gasteiger partial charge >= 0.3 is 12.0 Å². The van der Waals surface area contributed by atoms with Crippen LogP contribution in [0.4, 0.5) is 14.9 Å². The summed E-state index contributed by atoms with van der Waals surface area (Å²) in [4.78, 5) is 22.7. The van der Waals surface area contributed by atoms with Crippen molar-refractivity contribution in [1.82, 2.24) is 5.32 Å². The van der Waals surface area contributed by atoms with E-state index in [0.717, 1.165) is 6.07 Å². The van der Waals surface area contributed by atoms with Crippen molar-refractivity contribution in [2.24, 2.45) is 11.8 Å². The Morgan fingerprint density at radius 2 is 2.05 bits per heavy atom. The number of anilines is 1. The number of carboxylic acids is 1. The van der Waals surface area contributed by atoms with E-state index in [-0.39, 0.29) is 23.2 Å². The highest BCUT2D eigenvalue weighted by Gasteiger charge is 2.19. The van der Waals surface area contributed by atoms with Gasteiger partial charge in [0.1, 0.15) is 5.82 Å². The average molecular weight is 317 g/mol. The van der Waals surface area contributed by atoms with Gasteiger partial charge in [0.05, 0.1) is 11.6 Å². The van der Waals surface area contributed by atoms with Gasteiger partial charge in [0.15, 0.2) is 0 Å². The van der Waals surface area contributed by atoms with E-state index in [2.05, 4.69) is 10.6 Å². The van der Waals surface area contributed by atoms with Crippen LogP contribution in [0.1, 0.15) is 20.3 Å². The number of benzene rings is 1. The van der Waals surface area contributed by atoms with Crippen LogP contribution in [-0.4, -0.2) is 23.7 Å². The average Bonchev–Trinajstić information content (AvgIpc) is 2.37. The number of carboxylic acid groups (broad SMARTS) is 1. The highest BCUT2D eigenvalue weighted by Crippen LogP contribution is 2.18. The van der Waals surface area contributed by atoms with Gasteiger partial charge in [-0.3, -0.25) is 4.79 Å². The van der Waals surface area contributed by atoms with Gasteiger partial charge in [0.2, 0.25) is 0 Å². The Hall–Kier alpha value is -1.82. The molecule has 1 rings (SSSR count). The van der Waals surface area contributed by atoms with Crippen LogP contribution in [0.25, 0.3) is 0 Å². The minimum Gasteiger partial charge on any atom is -0.481 e. The van der Waals surface area contributed by atoms with Gasteiger partial charge in [-0.2, -0.15) is 0 Å². The number of amides is 2. The summed E-state index contributed by atoms with van der Waals surface area (Å²) in [5, 5.41) is 14.0. The smallest absolute Gasteiger partial charge is 0.319 e. The number of rotatable bonds is 6. The first-order valence-electron chi connectivity index (χ1n) is 6.52. The first kappa shape index (κ1) is 17.2. The van der Waals surface area contributed by atoms with Crippen molar-refractivity contribution in [3.8, 4) is 0 Å². The molecule has 1 unspecified atom stereocenters. The Balaban J connectivity index is 2.54. The quantitative estimate of drug-likeness (QED) is 0.753. The Labute approximate surface area is 127 Å². The zero-order valence-corrected chi connectivity index (χ0v) is 12.6. The standard InChI is InChI=1S/C14H18ClFN2O3/c1-8(2)5-9(13(19)20)7-17-14(21)18-12-4-3-10(15)6-11(12)16/h3-4,6,8-9H,5,7H2,1-2H3,(H,19,20)(H2,17,18,21). The first-order chi connectivity index (χ1) is 9.79. The van der Waals surface area contributed by atoms with Gasteiger partial charge in [-0.05, 0) is 30.5 Å². The van der Waals surface area contributed by atoms with Crippen molar-refractivity contribution in [2.75, 3.05) is 11.9 Å². The molecule has 21 heavy (non-hydrogen) atoms. The summed E-state index contributed by atoms with van der Waals surface area (Å²) in [6.07, 6.45) is 0.449. The molecule has 116 valence electrons. The van der Waals surface area contributed by atoms with Crippen molar-refractivity contribution >= 4 is 29.3 Å². The molecule has 0 aliphatic rings. The molecule has 2 amide bonds. The zero-order valence-electron chi connectivity index (χ0n) is 11.8. The van der Waals surface area contributed by atoms with Crippen LogP contribution in [0, 0.1) is 17.7 Å². The predicted molar refractivity (Wildman–Crippen MR) is 79.0 cm³/mol. The molecule has 0 saturated heterocycles. The predicted octanol–water partition coefficient (Wildman–Crippen LogP) is 3.35. The minimum absolute atomic E-state index is 0.0193. The summed E-state index contributed by atoms with van der Waals surface area (Å²) in [6.45, 7) is 3.78. The van der Waals surface area contributed by atoms with Crippen molar-refractivity contribution in [3.63, 3.8) is 0 Å². The van der Waals surface area contributed by atoms with Gasteiger partial charge in [-0.1, -0.05) is 25.4 Å². The molecule has 1 atom stereocenters. The van der Waals surface area contributed by atoms with E-state index in [4.69, 9.17) is 16.7 Å². The van der Waals surface area contributed by atoms with Crippen LogP contribution >= 0.6 is 11.6 Å². The second-order valence-corrected chi connectivity index (χ2v) is 5.56. The number of halogens is 2. The van der Waals surface area contributed by atoms with Gasteiger partial charge in [-0.15, -0.1) is 0 Å². The Kier molecular flexibility index (Phi) is 6.42. The summed E-state index contributed by atoms with van der Waals surface area (Å²) in [7, 11) is 0. The third kappa shape index (κ3) is 5.99. The van der Waals surface area contributed by atoms with Crippen LogP contribution < -0.4 is 10.6 Å². The second-order valence-electron chi connectivity index (χ2n) is 5.12. The molecule has 1 aromatic rings. The summed E-state index contributed by atoms with van der Waals surface area (Å²) < 4.78 is 13.5. The number of hydrogen-bond acceptors (Lipinski definition) is 2. The molecule has 1 aromatic carbocycles. The lowest BCUT2D eigenvalue weighted by atomic mass is 9.97. The maximum Gasteiger partial charge on any atom is 0.319 e. The Morgan fingerprint density at radius 1 is 1.38 bits per heavy atom. The summed E-state index contributed by atoms with van der Waals surface area (Å²) in [6, 6.07) is 3.20. The molecular weight excluding hydrogens is 299 g/mol. The maximum atomic E-state index is 13.5. The topological polar surface area (TPSA) is 78.4 Å². The molecule has 0 aliphatic heterocycles. The van der Waals surface area contributed by atoms with Crippen LogP contribution in [0.15, 0.2) is 18.2 Å². The molecule has 3 N–H and O–H groups in total. The van der Waals surface area contributed by atoms with E-state index >= 15 is 0 Å². The molecule has 7 heteroatoms. The summed E-state index contributed by atoms with van der Waals surface area (Å²) >= 11 is 5.61. The molecule has 0 radical (unpaired) electrons. The monoisotopic (exact) mass is 316 g/mol. The summed E-state index contributed by atoms with van der Waals surface area (Å²) in [5.74, 6) is -2.10. The highest BCUT2D eigenvalue weighted by molar-refractivity contribution is 6.30. The maximum absolute atomic E-state index is 13.5.